The number of fused-ring (bicyclic) bond motifs is 5. The van der Waals surface area contributed by atoms with E-state index < -0.39 is 83.3 Å². The Morgan fingerprint density at radius 1 is 0.896 bits per heavy atom. The maximum atomic E-state index is 13.5. The molecule has 0 spiro atoms. The van der Waals surface area contributed by atoms with Crippen LogP contribution in [0.3, 0.4) is 0 Å². The molecule has 2 bridgehead atoms. The predicted octanol–water partition coefficient (Wildman–Crippen LogP) is -1.31. The lowest BCUT2D eigenvalue weighted by atomic mass is 9.93. The number of hydrogen-bond acceptors (Lipinski definition) is 18. The molecule has 0 aliphatic carbocycles. The summed E-state index contributed by atoms with van der Waals surface area (Å²) in [7, 11) is -10.1. The number of nitrogens with one attached hydrogen (secondary N) is 1. The second kappa shape index (κ2) is 12.5. The molecule has 260 valence electrons. The van der Waals surface area contributed by atoms with Gasteiger partial charge in [-0.15, -0.1) is 0 Å². The largest absolute Gasteiger partial charge is 0.472 e. The summed E-state index contributed by atoms with van der Waals surface area (Å²) in [6.07, 6.45) is -6.05. The van der Waals surface area contributed by atoms with E-state index in [4.69, 9.17) is 39.0 Å². The Kier molecular flexibility index (Phi) is 8.59. The number of hydrogen-bond donors (Lipinski definition) is 7. The fourth-order valence-corrected chi connectivity index (χ4v) is 8.01. The van der Waals surface area contributed by atoms with Crippen molar-refractivity contribution < 1.29 is 56.7 Å². The molecule has 4 aromatic heterocycles. The van der Waals surface area contributed by atoms with Crippen molar-refractivity contribution in [3.8, 4) is 0 Å². The van der Waals surface area contributed by atoms with E-state index in [1.165, 1.54) is 21.8 Å². The number of nitrogen functional groups attached to an aromatic ring is 2. The number of phosphoric acid groups is 2. The van der Waals surface area contributed by atoms with Crippen molar-refractivity contribution in [3.63, 3.8) is 0 Å². The monoisotopic (exact) mass is 716 g/mol. The zero-order valence-corrected chi connectivity index (χ0v) is 26.3. The Balaban J connectivity index is 1.23. The molecule has 3 aliphatic heterocycles. The highest BCUT2D eigenvalue weighted by Crippen LogP contribution is 2.55. The number of anilines is 2. The van der Waals surface area contributed by atoms with Gasteiger partial charge < -0.3 is 40.9 Å². The van der Waals surface area contributed by atoms with E-state index in [-0.39, 0.29) is 53.5 Å². The van der Waals surface area contributed by atoms with Crippen LogP contribution >= 0.6 is 15.6 Å². The number of aliphatic hydroxyl groups is 2. The van der Waals surface area contributed by atoms with Gasteiger partial charge >= 0.3 is 15.6 Å². The molecule has 3 aliphatic rings. The average molecular weight is 716 g/mol. The number of aliphatic hydroxyl groups excluding tert-OH is 2. The standard InChI is InChI=1S/C23H30N10O13P2/c24-17-12-18(27-6-26-17)32(7-28-12)21-14(35)16-11(44-21)5-42-47(37,38)45-15-9(2-1-3-34)10(4-41-48(39,40)46-16)43-22(15)33-8-29-13-19(33)30-23(25)31-20(13)36/h6-11,14-16,21-22,34-35H,1-5H2,(H,37,38)(H,39,40)(H2,24,26,27)(H3,25,30,31,36). The van der Waals surface area contributed by atoms with Gasteiger partial charge in [0.25, 0.3) is 5.56 Å². The number of ether oxygens (including phenoxy) is 2. The summed E-state index contributed by atoms with van der Waals surface area (Å²) in [5, 5.41) is 20.8. The number of rotatable bonds is 5. The zero-order valence-electron chi connectivity index (χ0n) is 24.5. The third-order valence-electron chi connectivity index (χ3n) is 8.20. The molecule has 7 heterocycles. The normalized spacial score (nSPS) is 36.1. The number of aromatic amines is 1. The predicted molar refractivity (Wildman–Crippen MR) is 157 cm³/mol. The van der Waals surface area contributed by atoms with Crippen LogP contribution in [0.5, 0.6) is 0 Å². The van der Waals surface area contributed by atoms with E-state index in [1.54, 1.807) is 0 Å². The molecule has 48 heavy (non-hydrogen) atoms. The van der Waals surface area contributed by atoms with Gasteiger partial charge in [0, 0.05) is 12.5 Å². The van der Waals surface area contributed by atoms with Crippen molar-refractivity contribution in [3.05, 3.63) is 29.3 Å². The summed E-state index contributed by atoms with van der Waals surface area (Å²) in [5.74, 6) is -1.06. The lowest BCUT2D eigenvalue weighted by molar-refractivity contribution is -0.0671. The van der Waals surface area contributed by atoms with E-state index in [0.717, 1.165) is 6.33 Å². The smallest absolute Gasteiger partial charge is 0.396 e. The maximum absolute atomic E-state index is 13.5. The number of nitrogens with two attached hydrogens (primary N) is 2. The number of H-pyrrole nitrogens is 1. The van der Waals surface area contributed by atoms with Gasteiger partial charge in [-0.3, -0.25) is 37.0 Å². The van der Waals surface area contributed by atoms with Crippen LogP contribution in [0.4, 0.5) is 11.8 Å². The summed E-state index contributed by atoms with van der Waals surface area (Å²) < 4.78 is 63.1. The Morgan fingerprint density at radius 2 is 1.54 bits per heavy atom. The second-order valence-electron chi connectivity index (χ2n) is 11.2. The third kappa shape index (κ3) is 6.01. The van der Waals surface area contributed by atoms with E-state index in [0.29, 0.717) is 0 Å². The van der Waals surface area contributed by atoms with Crippen molar-refractivity contribution >= 4 is 49.7 Å². The Morgan fingerprint density at radius 3 is 2.27 bits per heavy atom. The third-order valence-corrected chi connectivity index (χ3v) is 10.2. The van der Waals surface area contributed by atoms with Crippen molar-refractivity contribution in [2.45, 2.75) is 55.8 Å². The summed E-state index contributed by atoms with van der Waals surface area (Å²) in [4.78, 5) is 56.8. The van der Waals surface area contributed by atoms with Gasteiger partial charge in [-0.05, 0) is 12.8 Å². The lowest BCUT2D eigenvalue weighted by Gasteiger charge is -2.27. The number of nitrogens with zero attached hydrogens (tertiary/aromatic N) is 7. The van der Waals surface area contributed by atoms with Crippen LogP contribution in [0.25, 0.3) is 22.3 Å². The molecule has 10 atom stereocenters. The fourth-order valence-electron chi connectivity index (χ4n) is 6.08. The molecule has 0 aromatic carbocycles. The average Bonchev–Trinajstić information content (AvgIpc) is 3.79. The summed E-state index contributed by atoms with van der Waals surface area (Å²) >= 11 is 0. The van der Waals surface area contributed by atoms with Gasteiger partial charge in [-0.25, -0.2) is 29.1 Å². The number of phosphoric ester groups is 2. The molecule has 7 rings (SSSR count). The van der Waals surface area contributed by atoms with E-state index in [9.17, 15) is 33.9 Å². The van der Waals surface area contributed by atoms with E-state index >= 15 is 0 Å². The van der Waals surface area contributed by atoms with Crippen LogP contribution in [0, 0.1) is 5.92 Å². The van der Waals surface area contributed by atoms with Crippen LogP contribution in [0.15, 0.2) is 23.8 Å². The van der Waals surface area contributed by atoms with Gasteiger partial charge in [-0.1, -0.05) is 0 Å². The molecule has 23 nitrogen and oxygen atoms in total. The summed E-state index contributed by atoms with van der Waals surface area (Å²) in [6, 6.07) is 0. The fraction of sp³-hybridized carbons (Fsp3) is 0.565. The molecule has 4 aromatic rings. The molecule has 10 unspecified atom stereocenters. The molecule has 0 saturated carbocycles. The van der Waals surface area contributed by atoms with Crippen LogP contribution in [0.2, 0.25) is 0 Å². The topological polar surface area (TPSA) is 330 Å². The minimum atomic E-state index is -5.05. The first-order chi connectivity index (χ1) is 22.9. The van der Waals surface area contributed by atoms with Gasteiger partial charge in [0.05, 0.1) is 32.0 Å². The minimum Gasteiger partial charge on any atom is -0.396 e. The van der Waals surface area contributed by atoms with Gasteiger partial charge in [-0.2, -0.15) is 4.98 Å². The number of imidazole rings is 2. The van der Waals surface area contributed by atoms with Crippen molar-refractivity contribution in [2.75, 3.05) is 31.3 Å². The van der Waals surface area contributed by atoms with Crippen LogP contribution in [0.1, 0.15) is 25.3 Å². The summed E-state index contributed by atoms with van der Waals surface area (Å²) in [5.41, 5.74) is 11.1. The highest BCUT2D eigenvalue weighted by molar-refractivity contribution is 7.47. The highest BCUT2D eigenvalue weighted by Gasteiger charge is 2.54. The molecule has 0 amide bonds. The van der Waals surface area contributed by atoms with Crippen LogP contribution in [-0.4, -0.2) is 109 Å². The minimum absolute atomic E-state index is 0.0437. The van der Waals surface area contributed by atoms with Gasteiger partial charge in [0.1, 0.15) is 36.3 Å². The first-order valence-electron chi connectivity index (χ1n) is 14.4. The highest BCUT2D eigenvalue weighted by atomic mass is 31.2. The Hall–Kier alpha value is -3.44. The molecular weight excluding hydrogens is 686 g/mol. The van der Waals surface area contributed by atoms with Crippen LogP contribution in [-0.2, 0) is 36.7 Å². The maximum Gasteiger partial charge on any atom is 0.472 e. The SMILES string of the molecule is Nc1nc2c(ncn2C2OC3COP(=O)(O)OC4C(COP(=O)(O)OC2C3CCCO)OC(n2cnc3c(N)ncnc32)C4O)c(=O)[nH]1. The van der Waals surface area contributed by atoms with Gasteiger partial charge in [0.2, 0.25) is 5.95 Å². The molecule has 3 fully saturated rings. The van der Waals surface area contributed by atoms with E-state index in [1.807, 2.05) is 0 Å². The Bertz CT molecular complexity index is 1990. The molecule has 9 N–H and O–H groups in total. The number of aromatic nitrogens is 8. The van der Waals surface area contributed by atoms with Gasteiger partial charge in [0.15, 0.2) is 35.1 Å². The first-order valence-corrected chi connectivity index (χ1v) is 17.4. The van der Waals surface area contributed by atoms with Crippen molar-refractivity contribution in [1.82, 2.24) is 39.0 Å². The zero-order chi connectivity index (χ0) is 34.0. The molecular formula is C23H30N10O13P2. The first kappa shape index (κ1) is 33.1. The second-order valence-corrected chi connectivity index (χ2v) is 14.0. The molecule has 3 saturated heterocycles. The van der Waals surface area contributed by atoms with E-state index in [2.05, 4.69) is 29.9 Å². The Labute approximate surface area is 268 Å². The lowest BCUT2D eigenvalue weighted by Crippen LogP contribution is -2.36. The van der Waals surface area contributed by atoms with Crippen molar-refractivity contribution in [1.29, 1.82) is 0 Å². The summed E-state index contributed by atoms with van der Waals surface area (Å²) in [6.45, 7) is -1.69. The quantitative estimate of drug-likeness (QED) is 0.118. The molecule has 25 heteroatoms. The van der Waals surface area contributed by atoms with Crippen LogP contribution < -0.4 is 17.0 Å². The van der Waals surface area contributed by atoms with Crippen molar-refractivity contribution in [2.24, 2.45) is 5.92 Å². The molecule has 0 radical (unpaired) electrons.